The van der Waals surface area contributed by atoms with Gasteiger partial charge in [-0.1, -0.05) is 12.1 Å². The molecule has 0 fully saturated rings. The van der Waals surface area contributed by atoms with E-state index in [-0.39, 0.29) is 17.8 Å². The van der Waals surface area contributed by atoms with Gasteiger partial charge in [0.15, 0.2) is 0 Å². The quantitative estimate of drug-likeness (QED) is 0.530. The van der Waals surface area contributed by atoms with Gasteiger partial charge in [0.2, 0.25) is 5.91 Å². The number of hydrogen-bond acceptors (Lipinski definition) is 7. The number of rotatable bonds is 10. The number of carbonyl (C=O) groups is 1. The summed E-state index contributed by atoms with van der Waals surface area (Å²) in [6.45, 7) is 1.47. The van der Waals surface area contributed by atoms with E-state index in [1.54, 1.807) is 52.1 Å². The van der Waals surface area contributed by atoms with Gasteiger partial charge in [0.25, 0.3) is 0 Å². The maximum Gasteiger partial charge on any atom is 0.218 e. The van der Waals surface area contributed by atoms with E-state index in [9.17, 15) is 9.00 Å². The predicted octanol–water partition coefficient (Wildman–Crippen LogP) is 3.99. The van der Waals surface area contributed by atoms with E-state index in [2.05, 4.69) is 5.32 Å². The molecule has 0 saturated heterocycles. The van der Waals surface area contributed by atoms with E-state index in [1.807, 2.05) is 47.5 Å². The van der Waals surface area contributed by atoms with Gasteiger partial charge in [0.1, 0.15) is 29.2 Å². The molecule has 0 radical (unpaired) electrons. The largest absolute Gasteiger partial charge is 0.496 e. The minimum atomic E-state index is -1.32. The number of allylic oxidation sites excluding steroid dienone is 2. The fourth-order valence-electron chi connectivity index (χ4n) is 3.63. The summed E-state index contributed by atoms with van der Waals surface area (Å²) in [6.07, 6.45) is 8.85. The van der Waals surface area contributed by atoms with Gasteiger partial charge in [0.05, 0.1) is 56.2 Å². The zero-order valence-electron chi connectivity index (χ0n) is 20.4. The van der Waals surface area contributed by atoms with Crippen molar-refractivity contribution < 1.29 is 28.0 Å². The normalized spacial score (nSPS) is 15.7. The third-order valence-corrected chi connectivity index (χ3v) is 6.33. The van der Waals surface area contributed by atoms with Crippen molar-refractivity contribution in [3.63, 3.8) is 0 Å². The second kappa shape index (κ2) is 12.1. The summed E-state index contributed by atoms with van der Waals surface area (Å²) in [7, 11) is 4.94. The Hall–Kier alpha value is -3.72. The van der Waals surface area contributed by atoms with Crippen LogP contribution in [0, 0.1) is 0 Å². The molecule has 2 unspecified atom stereocenters. The maximum atomic E-state index is 13.0. The van der Waals surface area contributed by atoms with Crippen molar-refractivity contribution >= 4 is 28.5 Å². The van der Waals surface area contributed by atoms with Crippen LogP contribution in [0.1, 0.15) is 18.1 Å². The van der Waals surface area contributed by atoms with Crippen molar-refractivity contribution in [3.05, 3.63) is 71.3 Å². The van der Waals surface area contributed by atoms with Crippen molar-refractivity contribution in [1.82, 2.24) is 5.32 Å². The molecule has 1 amide bonds. The van der Waals surface area contributed by atoms with Crippen LogP contribution in [0.5, 0.6) is 23.0 Å². The average molecular weight is 499 g/mol. The summed E-state index contributed by atoms with van der Waals surface area (Å²) in [5, 5.41) is 4.51. The number of nitrogens with one attached hydrogen (secondary N) is 1. The first-order valence-electron chi connectivity index (χ1n) is 10.8. The van der Waals surface area contributed by atoms with Crippen LogP contribution < -0.4 is 29.2 Å². The SMILES string of the molecule is COc1cc(OC)c(/C=C/S(=O)Cc2ccc(OC)c(N3C=CC=CC3NC(C)=O)c2)c(OC)c1. The molecule has 1 heterocycles. The van der Waals surface area contributed by atoms with Crippen LogP contribution in [0.25, 0.3) is 6.08 Å². The van der Waals surface area contributed by atoms with Crippen LogP contribution in [0.15, 0.2) is 60.2 Å². The molecule has 3 rings (SSSR count). The van der Waals surface area contributed by atoms with Crippen molar-refractivity contribution in [3.8, 4) is 23.0 Å². The molecule has 1 aliphatic heterocycles. The molecule has 9 heteroatoms. The number of amides is 1. The second-order valence-electron chi connectivity index (χ2n) is 7.56. The third-order valence-electron chi connectivity index (χ3n) is 5.27. The van der Waals surface area contributed by atoms with Crippen LogP contribution in [0.3, 0.4) is 0 Å². The molecular formula is C26H30N2O6S. The lowest BCUT2D eigenvalue weighted by atomic mass is 10.1. The molecule has 35 heavy (non-hydrogen) atoms. The van der Waals surface area contributed by atoms with Gasteiger partial charge in [-0.15, -0.1) is 0 Å². The lowest BCUT2D eigenvalue weighted by Gasteiger charge is -2.32. The minimum Gasteiger partial charge on any atom is -0.496 e. The molecular weight excluding hydrogens is 468 g/mol. The van der Waals surface area contributed by atoms with E-state index in [4.69, 9.17) is 18.9 Å². The number of benzene rings is 2. The molecule has 186 valence electrons. The van der Waals surface area contributed by atoms with Gasteiger partial charge in [-0.2, -0.15) is 0 Å². The lowest BCUT2D eigenvalue weighted by molar-refractivity contribution is -0.119. The molecule has 2 aromatic rings. The highest BCUT2D eigenvalue weighted by molar-refractivity contribution is 7.87. The van der Waals surface area contributed by atoms with Crippen LogP contribution in [0.4, 0.5) is 5.69 Å². The van der Waals surface area contributed by atoms with Crippen molar-refractivity contribution in [2.45, 2.75) is 18.8 Å². The minimum absolute atomic E-state index is 0.147. The van der Waals surface area contributed by atoms with Gasteiger partial charge in [-0.3, -0.25) is 9.00 Å². The summed E-state index contributed by atoms with van der Waals surface area (Å²) in [5.74, 6) is 2.47. The van der Waals surface area contributed by atoms with E-state index in [1.165, 1.54) is 6.92 Å². The van der Waals surface area contributed by atoms with E-state index < -0.39 is 10.8 Å². The van der Waals surface area contributed by atoms with Gasteiger partial charge < -0.3 is 29.2 Å². The first-order chi connectivity index (χ1) is 16.9. The molecule has 1 N–H and O–H groups in total. The topological polar surface area (TPSA) is 86.3 Å². The number of carbonyl (C=O) groups excluding carboxylic acids is 1. The molecule has 0 saturated carbocycles. The number of hydrogen-bond donors (Lipinski definition) is 1. The highest BCUT2D eigenvalue weighted by Gasteiger charge is 2.21. The number of nitrogens with zero attached hydrogens (tertiary/aromatic N) is 1. The average Bonchev–Trinajstić information content (AvgIpc) is 2.86. The van der Waals surface area contributed by atoms with Crippen LogP contribution in [-0.2, 0) is 21.3 Å². The molecule has 0 bridgehead atoms. The predicted molar refractivity (Wildman–Crippen MR) is 138 cm³/mol. The molecule has 0 aliphatic carbocycles. The molecule has 2 atom stereocenters. The van der Waals surface area contributed by atoms with Gasteiger partial charge in [0, 0.05) is 30.7 Å². The first kappa shape index (κ1) is 25.9. The van der Waals surface area contributed by atoms with E-state index in [0.717, 1.165) is 11.3 Å². The highest BCUT2D eigenvalue weighted by atomic mass is 32.2. The second-order valence-corrected chi connectivity index (χ2v) is 8.88. The highest BCUT2D eigenvalue weighted by Crippen LogP contribution is 2.35. The van der Waals surface area contributed by atoms with Crippen molar-refractivity contribution in [2.24, 2.45) is 0 Å². The van der Waals surface area contributed by atoms with Gasteiger partial charge >= 0.3 is 0 Å². The fraction of sp³-hybridized carbons (Fsp3) is 0.269. The summed E-state index contributed by atoms with van der Waals surface area (Å²) in [4.78, 5) is 13.6. The van der Waals surface area contributed by atoms with E-state index in [0.29, 0.717) is 28.6 Å². The van der Waals surface area contributed by atoms with Crippen LogP contribution in [0.2, 0.25) is 0 Å². The Morgan fingerprint density at radius 3 is 2.29 bits per heavy atom. The lowest BCUT2D eigenvalue weighted by Crippen LogP contribution is -2.44. The Morgan fingerprint density at radius 2 is 1.69 bits per heavy atom. The molecule has 0 aromatic heterocycles. The van der Waals surface area contributed by atoms with E-state index >= 15 is 0 Å². The Labute approximate surface area is 208 Å². The number of ether oxygens (including phenoxy) is 4. The summed E-state index contributed by atoms with van der Waals surface area (Å²) < 4.78 is 34.7. The third kappa shape index (κ3) is 6.45. The summed E-state index contributed by atoms with van der Waals surface area (Å²) >= 11 is 0. The zero-order valence-corrected chi connectivity index (χ0v) is 21.3. The van der Waals surface area contributed by atoms with Gasteiger partial charge in [-0.25, -0.2) is 0 Å². The molecule has 0 spiro atoms. The van der Waals surface area contributed by atoms with Gasteiger partial charge in [-0.05, 0) is 35.9 Å². The molecule has 8 nitrogen and oxygen atoms in total. The smallest absolute Gasteiger partial charge is 0.218 e. The summed E-state index contributed by atoms with van der Waals surface area (Å²) in [5.41, 5.74) is 2.27. The number of methoxy groups -OCH3 is 4. The molecule has 2 aromatic carbocycles. The monoisotopic (exact) mass is 498 g/mol. The maximum absolute atomic E-state index is 13.0. The molecule has 1 aliphatic rings. The Balaban J connectivity index is 1.84. The standard InChI is InChI=1S/C26H30N2O6S/c1-18(29)27-26-8-6-7-12-28(26)22-14-19(9-10-23(22)32-3)17-35(30)13-11-21-24(33-4)15-20(31-2)16-25(21)34-5/h6-16,26H,17H2,1-5H3,(H,27,29)/b13-11+. The van der Waals surface area contributed by atoms with Crippen LogP contribution in [-0.4, -0.2) is 44.7 Å². The summed E-state index contributed by atoms with van der Waals surface area (Å²) in [6, 6.07) is 9.11. The number of anilines is 1. The van der Waals surface area contributed by atoms with Crippen molar-refractivity contribution in [1.29, 1.82) is 0 Å². The van der Waals surface area contributed by atoms with Crippen LogP contribution >= 0.6 is 0 Å². The Kier molecular flexibility index (Phi) is 8.97. The first-order valence-corrected chi connectivity index (χ1v) is 12.2. The van der Waals surface area contributed by atoms with Crippen molar-refractivity contribution in [2.75, 3.05) is 33.3 Å². The fourth-order valence-corrected chi connectivity index (χ4v) is 4.53. The zero-order chi connectivity index (χ0) is 25.4. The Bertz CT molecular complexity index is 1150. The Morgan fingerprint density at radius 1 is 1.00 bits per heavy atom.